The largest absolute Gasteiger partial charge is 0.373 e. The molecule has 0 spiro atoms. The fourth-order valence-corrected chi connectivity index (χ4v) is 3.70. The Kier molecular flexibility index (Phi) is 4.19. The van der Waals surface area contributed by atoms with E-state index in [0.29, 0.717) is 6.61 Å². The topological polar surface area (TPSA) is 60.2 Å². The van der Waals surface area contributed by atoms with E-state index < -0.39 is 0 Å². The van der Waals surface area contributed by atoms with Crippen molar-refractivity contribution >= 4 is 10.8 Å². The Labute approximate surface area is 125 Å². The van der Waals surface area contributed by atoms with Crippen LogP contribution in [0.2, 0.25) is 0 Å². The molecule has 1 unspecified atom stereocenters. The van der Waals surface area contributed by atoms with Crippen LogP contribution in [0.25, 0.3) is 10.8 Å². The minimum absolute atomic E-state index is 0.00560. The number of ether oxygens (including phenoxy) is 1. The highest BCUT2D eigenvalue weighted by Crippen LogP contribution is 2.44. The number of pyridine rings is 1. The van der Waals surface area contributed by atoms with Gasteiger partial charge in [0.15, 0.2) is 0 Å². The van der Waals surface area contributed by atoms with E-state index in [0.717, 1.165) is 18.2 Å². The highest BCUT2D eigenvalue weighted by Gasteiger charge is 2.43. The lowest BCUT2D eigenvalue weighted by Gasteiger charge is -2.37. The summed E-state index contributed by atoms with van der Waals surface area (Å²) in [5.41, 5.74) is 4.04. The van der Waals surface area contributed by atoms with E-state index in [9.17, 15) is 0 Å². The average Bonchev–Trinajstić information content (AvgIpc) is 2.98. The summed E-state index contributed by atoms with van der Waals surface area (Å²) in [6.07, 6.45) is 8.24. The van der Waals surface area contributed by atoms with Gasteiger partial charge in [0, 0.05) is 24.4 Å². The molecule has 112 valence electrons. The van der Waals surface area contributed by atoms with Crippen molar-refractivity contribution in [3.8, 4) is 0 Å². The number of nitrogens with zero attached hydrogens (tertiary/aromatic N) is 1. The maximum Gasteiger partial charge on any atom is 0.0889 e. The van der Waals surface area contributed by atoms with Crippen molar-refractivity contribution in [3.05, 3.63) is 42.2 Å². The van der Waals surface area contributed by atoms with Gasteiger partial charge < -0.3 is 4.74 Å². The summed E-state index contributed by atoms with van der Waals surface area (Å²) in [7, 11) is 0. The molecule has 0 aliphatic heterocycles. The Morgan fingerprint density at radius 2 is 2.14 bits per heavy atom. The van der Waals surface area contributed by atoms with Gasteiger partial charge in [-0.25, -0.2) is 0 Å². The first-order valence-corrected chi connectivity index (χ1v) is 7.73. The Hall–Kier alpha value is -1.49. The van der Waals surface area contributed by atoms with E-state index in [1.54, 1.807) is 0 Å². The summed E-state index contributed by atoms with van der Waals surface area (Å²) >= 11 is 0. The Bertz CT molecular complexity index is 603. The predicted octanol–water partition coefficient (Wildman–Crippen LogP) is 3.09. The van der Waals surface area contributed by atoms with E-state index in [4.69, 9.17) is 10.6 Å². The molecular weight excluding hydrogens is 262 g/mol. The quantitative estimate of drug-likeness (QED) is 0.654. The smallest absolute Gasteiger partial charge is 0.0889 e. The first-order chi connectivity index (χ1) is 10.3. The van der Waals surface area contributed by atoms with Gasteiger partial charge in [-0.1, -0.05) is 31.0 Å². The highest BCUT2D eigenvalue weighted by molar-refractivity contribution is 5.85. The SMILES string of the molecule is CCOC1(C(NN)c2cccc3cnccc23)CCCC1. The zero-order valence-corrected chi connectivity index (χ0v) is 12.5. The van der Waals surface area contributed by atoms with E-state index in [2.05, 4.69) is 41.6 Å². The minimum Gasteiger partial charge on any atom is -0.373 e. The predicted molar refractivity (Wildman–Crippen MR) is 84.6 cm³/mol. The standard InChI is InChI=1S/C17H23N3O/c1-2-21-17(9-3-4-10-17)16(20-18)15-7-5-6-13-12-19-11-8-14(13)15/h5-8,11-12,16,20H,2-4,9-10,18H2,1H3. The van der Waals surface area contributed by atoms with Crippen LogP contribution in [0.3, 0.4) is 0 Å². The monoisotopic (exact) mass is 285 g/mol. The number of rotatable bonds is 5. The second-order valence-electron chi connectivity index (χ2n) is 5.75. The first-order valence-electron chi connectivity index (χ1n) is 7.73. The van der Waals surface area contributed by atoms with Gasteiger partial charge in [0.1, 0.15) is 0 Å². The van der Waals surface area contributed by atoms with Gasteiger partial charge in [-0.05, 0) is 36.8 Å². The van der Waals surface area contributed by atoms with Crippen LogP contribution in [0.5, 0.6) is 0 Å². The fourth-order valence-electron chi connectivity index (χ4n) is 3.70. The van der Waals surface area contributed by atoms with Gasteiger partial charge >= 0.3 is 0 Å². The number of nitrogens with two attached hydrogens (primary N) is 1. The van der Waals surface area contributed by atoms with E-state index in [-0.39, 0.29) is 11.6 Å². The van der Waals surface area contributed by atoms with Crippen LogP contribution < -0.4 is 11.3 Å². The molecule has 4 heteroatoms. The zero-order valence-electron chi connectivity index (χ0n) is 12.5. The fraction of sp³-hybridized carbons (Fsp3) is 0.471. The normalized spacial score (nSPS) is 19.0. The van der Waals surface area contributed by atoms with E-state index in [1.807, 2.05) is 12.4 Å². The molecule has 0 saturated heterocycles. The Morgan fingerprint density at radius 1 is 1.33 bits per heavy atom. The second kappa shape index (κ2) is 6.10. The lowest BCUT2D eigenvalue weighted by atomic mass is 9.85. The van der Waals surface area contributed by atoms with Crippen LogP contribution in [0.15, 0.2) is 36.7 Å². The van der Waals surface area contributed by atoms with Gasteiger partial charge in [-0.2, -0.15) is 0 Å². The molecule has 1 heterocycles. The number of nitrogens with one attached hydrogen (secondary N) is 1. The first kappa shape index (κ1) is 14.4. The van der Waals surface area contributed by atoms with Crippen LogP contribution in [-0.2, 0) is 4.74 Å². The summed E-state index contributed by atoms with van der Waals surface area (Å²) in [6.45, 7) is 2.77. The third-order valence-corrected chi connectivity index (χ3v) is 4.60. The number of hydrazine groups is 1. The maximum absolute atomic E-state index is 6.19. The highest BCUT2D eigenvalue weighted by atomic mass is 16.5. The maximum atomic E-state index is 6.19. The summed E-state index contributed by atoms with van der Waals surface area (Å²) in [5, 5.41) is 2.33. The molecule has 0 amide bonds. The number of benzene rings is 1. The van der Waals surface area contributed by atoms with Crippen LogP contribution in [0, 0.1) is 0 Å². The van der Waals surface area contributed by atoms with E-state index in [1.165, 1.54) is 23.8 Å². The van der Waals surface area contributed by atoms with Crippen molar-refractivity contribution in [3.63, 3.8) is 0 Å². The van der Waals surface area contributed by atoms with Crippen LogP contribution in [0.1, 0.15) is 44.2 Å². The molecule has 1 saturated carbocycles. The van der Waals surface area contributed by atoms with Crippen molar-refractivity contribution in [1.29, 1.82) is 0 Å². The molecule has 3 rings (SSSR count). The summed E-state index contributed by atoms with van der Waals surface area (Å²) in [4.78, 5) is 4.21. The van der Waals surface area contributed by atoms with E-state index >= 15 is 0 Å². The molecule has 1 aliphatic carbocycles. The molecule has 1 aromatic heterocycles. The van der Waals surface area contributed by atoms with Crippen LogP contribution in [0.4, 0.5) is 0 Å². The summed E-state index contributed by atoms with van der Waals surface area (Å²) < 4.78 is 6.19. The summed E-state index contributed by atoms with van der Waals surface area (Å²) in [5.74, 6) is 5.95. The van der Waals surface area contributed by atoms with Crippen molar-refractivity contribution in [2.24, 2.45) is 5.84 Å². The molecule has 1 aromatic carbocycles. The number of fused-ring (bicyclic) bond motifs is 1. The molecule has 3 N–H and O–H groups in total. The van der Waals surface area contributed by atoms with Crippen LogP contribution in [-0.4, -0.2) is 17.2 Å². The zero-order chi connectivity index (χ0) is 14.7. The number of hydrogen-bond donors (Lipinski definition) is 2. The minimum atomic E-state index is -0.193. The van der Waals surface area contributed by atoms with Gasteiger partial charge in [0.2, 0.25) is 0 Å². The molecule has 1 fully saturated rings. The third kappa shape index (κ3) is 2.55. The molecule has 1 aliphatic rings. The lowest BCUT2D eigenvalue weighted by molar-refractivity contribution is -0.0623. The second-order valence-corrected chi connectivity index (χ2v) is 5.75. The van der Waals surface area contributed by atoms with Gasteiger partial charge in [-0.3, -0.25) is 16.3 Å². The number of hydrogen-bond acceptors (Lipinski definition) is 4. The summed E-state index contributed by atoms with van der Waals surface area (Å²) in [6, 6.07) is 8.36. The molecule has 4 nitrogen and oxygen atoms in total. The number of aromatic nitrogens is 1. The Balaban J connectivity index is 2.09. The van der Waals surface area contributed by atoms with Crippen molar-refractivity contribution in [1.82, 2.24) is 10.4 Å². The lowest BCUT2D eigenvalue weighted by Crippen LogP contribution is -2.47. The Morgan fingerprint density at radius 3 is 2.86 bits per heavy atom. The molecule has 0 bridgehead atoms. The van der Waals surface area contributed by atoms with Crippen molar-refractivity contribution in [2.45, 2.75) is 44.2 Å². The van der Waals surface area contributed by atoms with Gasteiger partial charge in [-0.15, -0.1) is 0 Å². The van der Waals surface area contributed by atoms with Crippen molar-refractivity contribution < 1.29 is 4.74 Å². The van der Waals surface area contributed by atoms with Crippen molar-refractivity contribution in [2.75, 3.05) is 6.61 Å². The third-order valence-electron chi connectivity index (χ3n) is 4.60. The molecule has 0 radical (unpaired) electrons. The molecule has 21 heavy (non-hydrogen) atoms. The average molecular weight is 285 g/mol. The van der Waals surface area contributed by atoms with Crippen LogP contribution >= 0.6 is 0 Å². The van der Waals surface area contributed by atoms with Gasteiger partial charge in [0.25, 0.3) is 0 Å². The molecule has 1 atom stereocenters. The molecule has 2 aromatic rings. The molecular formula is C17H23N3O. The van der Waals surface area contributed by atoms with Gasteiger partial charge in [0.05, 0.1) is 11.6 Å².